The molecular weight excluding hydrogens is 335 g/mol. The Morgan fingerprint density at radius 1 is 1.17 bits per heavy atom. The van der Waals surface area contributed by atoms with Gasteiger partial charge in [-0.1, -0.05) is 0 Å². The van der Waals surface area contributed by atoms with Crippen molar-refractivity contribution in [3.63, 3.8) is 0 Å². The number of halogens is 1. The van der Waals surface area contributed by atoms with E-state index in [2.05, 4.69) is 4.98 Å². The molecule has 0 aliphatic rings. The molecule has 0 fully saturated rings. The summed E-state index contributed by atoms with van der Waals surface area (Å²) in [5.41, 5.74) is 0.777. The van der Waals surface area contributed by atoms with Crippen LogP contribution < -0.4 is 4.74 Å². The highest BCUT2D eigenvalue weighted by Gasteiger charge is 2.25. The lowest BCUT2D eigenvalue weighted by atomic mass is 10.3. The first-order valence-electron chi connectivity index (χ1n) is 7.20. The van der Waals surface area contributed by atoms with Crippen LogP contribution in [-0.2, 0) is 21.3 Å². The second-order valence-electron chi connectivity index (χ2n) is 4.98. The third-order valence-corrected chi connectivity index (χ3v) is 5.26. The van der Waals surface area contributed by atoms with Crippen molar-refractivity contribution >= 4 is 10.0 Å². The Bertz CT molecular complexity index is 769. The van der Waals surface area contributed by atoms with Gasteiger partial charge in [-0.3, -0.25) is 4.98 Å². The van der Waals surface area contributed by atoms with E-state index in [-0.39, 0.29) is 30.3 Å². The molecule has 1 aromatic carbocycles. The van der Waals surface area contributed by atoms with Crippen LogP contribution in [0.3, 0.4) is 0 Å². The van der Waals surface area contributed by atoms with Gasteiger partial charge in [-0.25, -0.2) is 12.8 Å². The second kappa shape index (κ2) is 8.18. The summed E-state index contributed by atoms with van der Waals surface area (Å²) in [6, 6.07) is 7.03. The summed E-state index contributed by atoms with van der Waals surface area (Å²) in [7, 11) is -1.07. The summed E-state index contributed by atoms with van der Waals surface area (Å²) in [4.78, 5) is 3.78. The fourth-order valence-corrected chi connectivity index (χ4v) is 3.55. The molecule has 24 heavy (non-hydrogen) atoms. The highest BCUT2D eigenvalue weighted by Crippen LogP contribution is 2.24. The SMILES string of the molecule is COCCN(Cc1ccncc1)S(=O)(=O)c1ccc(OC)c(F)c1. The van der Waals surface area contributed by atoms with Crippen LogP contribution in [-0.4, -0.2) is 45.1 Å². The maximum atomic E-state index is 13.9. The number of aromatic nitrogens is 1. The zero-order valence-electron chi connectivity index (χ0n) is 13.5. The Morgan fingerprint density at radius 3 is 2.46 bits per heavy atom. The molecule has 0 amide bonds. The lowest BCUT2D eigenvalue weighted by molar-refractivity contribution is 0.177. The molecule has 0 bridgehead atoms. The van der Waals surface area contributed by atoms with Crippen molar-refractivity contribution in [2.45, 2.75) is 11.4 Å². The van der Waals surface area contributed by atoms with Crippen molar-refractivity contribution in [1.82, 2.24) is 9.29 Å². The minimum Gasteiger partial charge on any atom is -0.494 e. The van der Waals surface area contributed by atoms with Gasteiger partial charge in [0.2, 0.25) is 10.0 Å². The maximum absolute atomic E-state index is 13.9. The summed E-state index contributed by atoms with van der Waals surface area (Å²) in [6.07, 6.45) is 3.17. The van der Waals surface area contributed by atoms with Gasteiger partial charge in [-0.15, -0.1) is 0 Å². The molecule has 0 saturated heterocycles. The van der Waals surface area contributed by atoms with E-state index in [0.29, 0.717) is 0 Å². The van der Waals surface area contributed by atoms with E-state index in [1.54, 1.807) is 24.5 Å². The fraction of sp³-hybridized carbons (Fsp3) is 0.312. The number of hydrogen-bond donors (Lipinski definition) is 0. The molecule has 2 aromatic rings. The van der Waals surface area contributed by atoms with Crippen molar-refractivity contribution in [2.24, 2.45) is 0 Å². The summed E-state index contributed by atoms with van der Waals surface area (Å²) in [6.45, 7) is 0.514. The number of methoxy groups -OCH3 is 2. The van der Waals surface area contributed by atoms with Crippen molar-refractivity contribution in [1.29, 1.82) is 0 Å². The monoisotopic (exact) mass is 354 g/mol. The molecule has 1 aromatic heterocycles. The highest BCUT2D eigenvalue weighted by molar-refractivity contribution is 7.89. The highest BCUT2D eigenvalue weighted by atomic mass is 32.2. The number of ether oxygens (including phenoxy) is 2. The quantitative estimate of drug-likeness (QED) is 0.726. The molecule has 0 aliphatic carbocycles. The van der Waals surface area contributed by atoms with E-state index in [9.17, 15) is 12.8 Å². The van der Waals surface area contributed by atoms with Gasteiger partial charge in [0.1, 0.15) is 0 Å². The average molecular weight is 354 g/mol. The predicted molar refractivity (Wildman–Crippen MR) is 86.7 cm³/mol. The number of sulfonamides is 1. The van der Waals surface area contributed by atoms with E-state index in [1.165, 1.54) is 30.7 Å². The van der Waals surface area contributed by atoms with Crippen LogP contribution in [0.25, 0.3) is 0 Å². The summed E-state index contributed by atoms with van der Waals surface area (Å²) in [5.74, 6) is -0.735. The van der Waals surface area contributed by atoms with Gasteiger partial charge in [0.25, 0.3) is 0 Å². The smallest absolute Gasteiger partial charge is 0.243 e. The predicted octanol–water partition coefficient (Wildman–Crippen LogP) is 2.07. The Kier molecular flexibility index (Phi) is 6.24. The first kappa shape index (κ1) is 18.3. The van der Waals surface area contributed by atoms with Crippen LogP contribution >= 0.6 is 0 Å². The Morgan fingerprint density at radius 2 is 1.88 bits per heavy atom. The number of nitrogens with zero attached hydrogens (tertiary/aromatic N) is 2. The minimum absolute atomic E-state index is 0.00785. The van der Waals surface area contributed by atoms with Crippen LogP contribution in [0.5, 0.6) is 5.75 Å². The van der Waals surface area contributed by atoms with Gasteiger partial charge in [0.15, 0.2) is 11.6 Å². The first-order chi connectivity index (χ1) is 11.5. The topological polar surface area (TPSA) is 68.7 Å². The number of hydrogen-bond acceptors (Lipinski definition) is 5. The van der Waals surface area contributed by atoms with Gasteiger partial charge < -0.3 is 9.47 Å². The molecule has 2 rings (SSSR count). The lowest BCUT2D eigenvalue weighted by Gasteiger charge is -2.22. The van der Waals surface area contributed by atoms with Gasteiger partial charge in [0, 0.05) is 32.6 Å². The zero-order valence-corrected chi connectivity index (χ0v) is 14.3. The summed E-state index contributed by atoms with van der Waals surface area (Å²) in [5, 5.41) is 0. The fourth-order valence-electron chi connectivity index (χ4n) is 2.13. The molecule has 0 radical (unpaired) electrons. The largest absolute Gasteiger partial charge is 0.494 e. The molecule has 6 nitrogen and oxygen atoms in total. The standard InChI is InChI=1S/C16H19FN2O4S/c1-22-10-9-19(12-13-5-7-18-8-6-13)24(20,21)14-3-4-16(23-2)15(17)11-14/h3-8,11H,9-10,12H2,1-2H3. The molecule has 0 atom stereocenters. The molecule has 0 saturated carbocycles. The molecule has 8 heteroatoms. The summed E-state index contributed by atoms with van der Waals surface area (Å²) >= 11 is 0. The third-order valence-electron chi connectivity index (χ3n) is 3.41. The average Bonchev–Trinajstić information content (AvgIpc) is 2.59. The molecular formula is C16H19FN2O4S. The van der Waals surface area contributed by atoms with Crippen LogP contribution in [0.2, 0.25) is 0 Å². The van der Waals surface area contributed by atoms with Crippen LogP contribution in [0.1, 0.15) is 5.56 Å². The van der Waals surface area contributed by atoms with E-state index in [0.717, 1.165) is 11.6 Å². The Hall–Kier alpha value is -2.03. The normalized spacial score (nSPS) is 11.7. The van der Waals surface area contributed by atoms with Gasteiger partial charge in [-0.05, 0) is 35.9 Å². The number of rotatable bonds is 8. The summed E-state index contributed by atoms with van der Waals surface area (Å²) < 4.78 is 50.6. The molecule has 130 valence electrons. The van der Waals surface area contributed by atoms with Crippen molar-refractivity contribution in [2.75, 3.05) is 27.4 Å². The maximum Gasteiger partial charge on any atom is 0.243 e. The van der Waals surface area contributed by atoms with E-state index in [1.807, 2.05) is 0 Å². The third kappa shape index (κ3) is 4.28. The van der Waals surface area contributed by atoms with E-state index in [4.69, 9.17) is 9.47 Å². The van der Waals surface area contributed by atoms with Crippen LogP contribution in [0, 0.1) is 5.82 Å². The van der Waals surface area contributed by atoms with Gasteiger partial charge in [0.05, 0.1) is 18.6 Å². The first-order valence-corrected chi connectivity index (χ1v) is 8.64. The molecule has 0 unspecified atom stereocenters. The van der Waals surface area contributed by atoms with Crippen molar-refractivity contribution < 1.29 is 22.3 Å². The van der Waals surface area contributed by atoms with E-state index < -0.39 is 15.8 Å². The molecule has 0 aliphatic heterocycles. The van der Waals surface area contributed by atoms with Crippen molar-refractivity contribution in [3.8, 4) is 5.75 Å². The second-order valence-corrected chi connectivity index (χ2v) is 6.92. The van der Waals surface area contributed by atoms with Crippen molar-refractivity contribution in [3.05, 3.63) is 54.1 Å². The Labute approximate surface area is 140 Å². The zero-order chi connectivity index (χ0) is 17.6. The number of pyridine rings is 1. The Balaban J connectivity index is 2.34. The van der Waals surface area contributed by atoms with Gasteiger partial charge >= 0.3 is 0 Å². The van der Waals surface area contributed by atoms with Gasteiger partial charge in [-0.2, -0.15) is 4.31 Å². The lowest BCUT2D eigenvalue weighted by Crippen LogP contribution is -2.33. The van der Waals surface area contributed by atoms with Crippen LogP contribution in [0.15, 0.2) is 47.6 Å². The molecule has 0 spiro atoms. The molecule has 0 N–H and O–H groups in total. The van der Waals surface area contributed by atoms with E-state index >= 15 is 0 Å². The van der Waals surface area contributed by atoms with Crippen LogP contribution in [0.4, 0.5) is 4.39 Å². The minimum atomic E-state index is -3.88. The molecule has 1 heterocycles. The number of benzene rings is 1.